The first-order valence-corrected chi connectivity index (χ1v) is 11.6. The molecule has 4 rings (SSSR count). The summed E-state index contributed by atoms with van der Waals surface area (Å²) in [4.78, 5) is 28.1. The molecule has 3 aromatic carbocycles. The number of aryl methyl sites for hydroxylation is 2. The number of benzene rings is 3. The van der Waals surface area contributed by atoms with E-state index in [-0.39, 0.29) is 16.7 Å². The number of amides is 1. The second-order valence-electron chi connectivity index (χ2n) is 9.84. The van der Waals surface area contributed by atoms with Gasteiger partial charge in [-0.05, 0) is 54.2 Å². The molecule has 1 unspecified atom stereocenters. The van der Waals surface area contributed by atoms with E-state index in [0.29, 0.717) is 16.3 Å². The maximum atomic E-state index is 13.4. The number of Topliss-reactive ketones (excluding diaryl/α,β-unsaturated/α-hetero) is 1. The minimum atomic E-state index is -0.768. The van der Waals surface area contributed by atoms with Crippen LogP contribution in [0.4, 0.5) is 5.69 Å². The Morgan fingerprint density at radius 1 is 0.912 bits per heavy atom. The highest BCUT2D eigenvalue weighted by atomic mass is 35.5. The Morgan fingerprint density at radius 3 is 2.09 bits per heavy atom. The molecule has 0 aliphatic carbocycles. The van der Waals surface area contributed by atoms with Gasteiger partial charge in [0.1, 0.15) is 5.76 Å². The smallest absolute Gasteiger partial charge is 0.300 e. The summed E-state index contributed by atoms with van der Waals surface area (Å²) in [6.45, 7) is 10.2. The fourth-order valence-corrected chi connectivity index (χ4v) is 4.54. The van der Waals surface area contributed by atoms with Crippen LogP contribution < -0.4 is 4.90 Å². The lowest BCUT2D eigenvalue weighted by molar-refractivity contribution is -0.132. The van der Waals surface area contributed by atoms with Gasteiger partial charge in [-0.1, -0.05) is 86.5 Å². The van der Waals surface area contributed by atoms with E-state index in [9.17, 15) is 14.7 Å². The monoisotopic (exact) mass is 473 g/mol. The molecule has 5 heteroatoms. The van der Waals surface area contributed by atoms with Crippen molar-refractivity contribution in [2.24, 2.45) is 0 Å². The molecule has 1 fully saturated rings. The maximum Gasteiger partial charge on any atom is 0.300 e. The third-order valence-corrected chi connectivity index (χ3v) is 6.52. The zero-order valence-corrected chi connectivity index (χ0v) is 20.8. The summed E-state index contributed by atoms with van der Waals surface area (Å²) in [5.41, 5.74) is 4.78. The van der Waals surface area contributed by atoms with Crippen LogP contribution in [0.2, 0.25) is 5.02 Å². The van der Waals surface area contributed by atoms with E-state index < -0.39 is 17.7 Å². The van der Waals surface area contributed by atoms with Crippen LogP contribution in [0.25, 0.3) is 5.76 Å². The third kappa shape index (κ3) is 4.26. The van der Waals surface area contributed by atoms with Crippen molar-refractivity contribution < 1.29 is 14.7 Å². The summed E-state index contributed by atoms with van der Waals surface area (Å²) in [6, 6.07) is 19.5. The molecule has 174 valence electrons. The summed E-state index contributed by atoms with van der Waals surface area (Å²) >= 11 is 6.15. The van der Waals surface area contributed by atoms with Gasteiger partial charge in [-0.15, -0.1) is 0 Å². The summed E-state index contributed by atoms with van der Waals surface area (Å²) in [7, 11) is 0. The Morgan fingerprint density at radius 2 is 1.53 bits per heavy atom. The number of aliphatic hydroxyl groups is 1. The molecule has 1 saturated heterocycles. The lowest BCUT2D eigenvalue weighted by Crippen LogP contribution is -2.30. The van der Waals surface area contributed by atoms with E-state index in [0.717, 1.165) is 22.3 Å². The Labute approximate surface area is 205 Å². The Kier molecular flexibility index (Phi) is 6.13. The van der Waals surface area contributed by atoms with E-state index in [1.807, 2.05) is 50.2 Å². The molecule has 1 aliphatic rings. The lowest BCUT2D eigenvalue weighted by Gasteiger charge is -2.28. The lowest BCUT2D eigenvalue weighted by atomic mass is 9.85. The van der Waals surface area contributed by atoms with Gasteiger partial charge in [0.25, 0.3) is 11.7 Å². The van der Waals surface area contributed by atoms with Crippen LogP contribution in [-0.4, -0.2) is 16.8 Å². The van der Waals surface area contributed by atoms with Crippen molar-refractivity contribution >= 4 is 34.7 Å². The molecule has 0 saturated carbocycles. The number of nitrogens with zero attached hydrogens (tertiary/aromatic N) is 1. The molecule has 1 atom stereocenters. The zero-order chi connectivity index (χ0) is 24.8. The molecule has 0 aromatic heterocycles. The number of aliphatic hydroxyl groups excluding tert-OH is 1. The minimum Gasteiger partial charge on any atom is -0.507 e. The molecular weight excluding hydrogens is 446 g/mol. The average molecular weight is 474 g/mol. The van der Waals surface area contributed by atoms with E-state index in [1.54, 1.807) is 30.3 Å². The molecule has 34 heavy (non-hydrogen) atoms. The van der Waals surface area contributed by atoms with Crippen LogP contribution in [0, 0.1) is 13.8 Å². The van der Waals surface area contributed by atoms with E-state index >= 15 is 0 Å². The number of carbonyl (C=O) groups is 2. The molecule has 0 radical (unpaired) electrons. The van der Waals surface area contributed by atoms with Gasteiger partial charge < -0.3 is 5.11 Å². The van der Waals surface area contributed by atoms with Gasteiger partial charge in [0.05, 0.1) is 11.6 Å². The van der Waals surface area contributed by atoms with Crippen molar-refractivity contribution in [2.45, 2.75) is 46.1 Å². The Hall–Kier alpha value is -3.37. The normalized spacial score (nSPS) is 17.9. The third-order valence-electron chi connectivity index (χ3n) is 6.28. The van der Waals surface area contributed by atoms with Crippen LogP contribution in [-0.2, 0) is 15.0 Å². The first-order valence-electron chi connectivity index (χ1n) is 11.2. The van der Waals surface area contributed by atoms with Crippen molar-refractivity contribution in [3.8, 4) is 0 Å². The van der Waals surface area contributed by atoms with Crippen LogP contribution in [0.3, 0.4) is 0 Å². The van der Waals surface area contributed by atoms with Crippen LogP contribution in [0.5, 0.6) is 0 Å². The Bertz CT molecular complexity index is 1300. The first kappa shape index (κ1) is 23.8. The number of hydrogen-bond acceptors (Lipinski definition) is 3. The topological polar surface area (TPSA) is 57.6 Å². The zero-order valence-electron chi connectivity index (χ0n) is 20.0. The van der Waals surface area contributed by atoms with Gasteiger partial charge in [-0.2, -0.15) is 0 Å². The first-order chi connectivity index (χ1) is 16.0. The second kappa shape index (κ2) is 8.77. The number of rotatable bonds is 3. The second-order valence-corrected chi connectivity index (χ2v) is 10.3. The number of hydrogen-bond donors (Lipinski definition) is 1. The number of anilines is 1. The summed E-state index contributed by atoms with van der Waals surface area (Å²) < 4.78 is 0. The van der Waals surface area contributed by atoms with Crippen molar-refractivity contribution in [1.82, 2.24) is 0 Å². The summed E-state index contributed by atoms with van der Waals surface area (Å²) in [5, 5.41) is 11.8. The highest BCUT2D eigenvalue weighted by molar-refractivity contribution is 6.51. The predicted octanol–water partition coefficient (Wildman–Crippen LogP) is 6.88. The van der Waals surface area contributed by atoms with E-state index in [2.05, 4.69) is 20.8 Å². The fourth-order valence-electron chi connectivity index (χ4n) is 4.32. The quantitative estimate of drug-likeness (QED) is 0.256. The number of ketones is 1. The molecule has 1 amide bonds. The fraction of sp³-hybridized carbons (Fsp3) is 0.241. The summed E-state index contributed by atoms with van der Waals surface area (Å²) in [5.74, 6) is -1.57. The highest BCUT2D eigenvalue weighted by Crippen LogP contribution is 2.43. The average Bonchev–Trinajstić information content (AvgIpc) is 3.04. The van der Waals surface area contributed by atoms with Crippen LogP contribution in [0.1, 0.15) is 54.6 Å². The minimum absolute atomic E-state index is 0.0466. The van der Waals surface area contributed by atoms with Gasteiger partial charge in [0.15, 0.2) is 0 Å². The molecule has 1 aliphatic heterocycles. The van der Waals surface area contributed by atoms with Gasteiger partial charge in [-0.3, -0.25) is 14.5 Å². The highest BCUT2D eigenvalue weighted by Gasteiger charge is 2.47. The molecular formula is C29H28ClNO3. The maximum absolute atomic E-state index is 13.4. The van der Waals surface area contributed by atoms with E-state index in [1.165, 1.54) is 4.90 Å². The molecule has 1 N–H and O–H groups in total. The Balaban J connectivity index is 1.95. The molecule has 0 bridgehead atoms. The van der Waals surface area contributed by atoms with Gasteiger partial charge >= 0.3 is 0 Å². The molecule has 1 heterocycles. The van der Waals surface area contributed by atoms with E-state index in [4.69, 9.17) is 11.6 Å². The summed E-state index contributed by atoms with van der Waals surface area (Å²) in [6.07, 6.45) is 0. The SMILES string of the molecule is Cc1ccc(/C(O)=C2\C(=O)C(=O)N(c3ccc(Cl)cc3C)C2c2ccc(C(C)(C)C)cc2)cc1. The standard InChI is InChI=1S/C29H28ClNO3/c1-17-6-8-20(9-7-17)26(32)24-25(19-10-12-21(13-11-19)29(3,4)5)31(28(34)27(24)33)23-15-14-22(30)16-18(23)2/h6-16,25,32H,1-5H3/b26-24+. The van der Waals surface area contributed by atoms with Crippen molar-refractivity contribution in [2.75, 3.05) is 4.90 Å². The van der Waals surface area contributed by atoms with Crippen molar-refractivity contribution in [1.29, 1.82) is 0 Å². The van der Waals surface area contributed by atoms with Crippen LogP contribution in [0.15, 0.2) is 72.3 Å². The number of halogens is 1. The molecule has 0 spiro atoms. The molecule has 4 nitrogen and oxygen atoms in total. The van der Waals surface area contributed by atoms with Crippen LogP contribution >= 0.6 is 11.6 Å². The van der Waals surface area contributed by atoms with Gasteiger partial charge in [-0.25, -0.2) is 0 Å². The van der Waals surface area contributed by atoms with Gasteiger partial charge in [0, 0.05) is 16.3 Å². The van der Waals surface area contributed by atoms with Crippen molar-refractivity contribution in [3.05, 3.63) is 105 Å². The number of carbonyl (C=O) groups excluding carboxylic acids is 2. The largest absolute Gasteiger partial charge is 0.507 e. The van der Waals surface area contributed by atoms with Crippen molar-refractivity contribution in [3.63, 3.8) is 0 Å². The molecule has 3 aromatic rings. The predicted molar refractivity (Wildman–Crippen MR) is 137 cm³/mol. The van der Waals surface area contributed by atoms with Gasteiger partial charge in [0.2, 0.25) is 0 Å².